The number of fused-ring (bicyclic) bond motifs is 2. The van der Waals surface area contributed by atoms with Gasteiger partial charge in [-0.05, 0) is 42.0 Å². The van der Waals surface area contributed by atoms with Crippen molar-refractivity contribution < 1.29 is 24.2 Å². The number of rotatable bonds is 2. The van der Waals surface area contributed by atoms with Gasteiger partial charge in [0.15, 0.2) is 11.5 Å². The number of ether oxygens (including phenoxy) is 2. The summed E-state index contributed by atoms with van der Waals surface area (Å²) in [5.41, 5.74) is 2.53. The minimum Gasteiger partial charge on any atom is -0.490 e. The Morgan fingerprint density at radius 3 is 2.68 bits per heavy atom. The van der Waals surface area contributed by atoms with Crippen LogP contribution in [-0.2, 0) is 4.79 Å². The number of hydrogen-bond donors (Lipinski definition) is 2. The number of aromatic carboxylic acids is 1. The second kappa shape index (κ2) is 5.98. The van der Waals surface area contributed by atoms with E-state index >= 15 is 0 Å². The third-order valence-electron chi connectivity index (χ3n) is 4.13. The number of anilines is 1. The molecule has 0 aliphatic carbocycles. The van der Waals surface area contributed by atoms with Crippen molar-refractivity contribution in [3.8, 4) is 11.5 Å². The van der Waals surface area contributed by atoms with Gasteiger partial charge in [0, 0.05) is 23.2 Å². The van der Waals surface area contributed by atoms with Crippen molar-refractivity contribution >= 4 is 29.2 Å². The van der Waals surface area contributed by atoms with Crippen molar-refractivity contribution in [3.05, 3.63) is 53.1 Å². The van der Waals surface area contributed by atoms with Crippen molar-refractivity contribution in [1.29, 1.82) is 0 Å². The SMILES string of the molecule is O=C1Nc2ccc(C(=O)O)cc2/C1=C\c1ccc2c(c1)OCCCO2. The van der Waals surface area contributed by atoms with Gasteiger partial charge in [-0.3, -0.25) is 4.79 Å². The number of hydrogen-bond acceptors (Lipinski definition) is 4. The first kappa shape index (κ1) is 15.3. The van der Waals surface area contributed by atoms with E-state index in [2.05, 4.69) is 5.32 Å². The lowest BCUT2D eigenvalue weighted by atomic mass is 10.0. The van der Waals surface area contributed by atoms with Gasteiger partial charge in [0.25, 0.3) is 5.91 Å². The molecule has 6 heteroatoms. The molecule has 1 amide bonds. The predicted molar refractivity (Wildman–Crippen MR) is 92.0 cm³/mol. The number of nitrogens with one attached hydrogen (secondary N) is 1. The first-order valence-corrected chi connectivity index (χ1v) is 7.92. The van der Waals surface area contributed by atoms with Gasteiger partial charge in [0.1, 0.15) is 0 Å². The van der Waals surface area contributed by atoms with Gasteiger partial charge >= 0.3 is 5.97 Å². The molecule has 2 aromatic rings. The molecule has 0 fully saturated rings. The van der Waals surface area contributed by atoms with Crippen LogP contribution < -0.4 is 14.8 Å². The average molecular weight is 337 g/mol. The highest BCUT2D eigenvalue weighted by atomic mass is 16.5. The second-order valence-corrected chi connectivity index (χ2v) is 5.83. The van der Waals surface area contributed by atoms with Crippen LogP contribution in [-0.4, -0.2) is 30.2 Å². The van der Waals surface area contributed by atoms with Gasteiger partial charge in [-0.15, -0.1) is 0 Å². The zero-order chi connectivity index (χ0) is 17.4. The normalized spacial score (nSPS) is 17.0. The molecule has 0 unspecified atom stereocenters. The number of carbonyl (C=O) groups excluding carboxylic acids is 1. The molecular weight excluding hydrogens is 322 g/mol. The Morgan fingerprint density at radius 2 is 1.88 bits per heavy atom. The second-order valence-electron chi connectivity index (χ2n) is 5.83. The third-order valence-corrected chi connectivity index (χ3v) is 4.13. The van der Waals surface area contributed by atoms with Crippen LogP contribution in [0.5, 0.6) is 11.5 Å². The van der Waals surface area contributed by atoms with E-state index in [-0.39, 0.29) is 11.5 Å². The Kier molecular flexibility index (Phi) is 3.65. The van der Waals surface area contributed by atoms with E-state index in [9.17, 15) is 9.59 Å². The molecule has 0 saturated heterocycles. The van der Waals surface area contributed by atoms with Crippen molar-refractivity contribution in [2.75, 3.05) is 18.5 Å². The predicted octanol–water partition coefficient (Wildman–Crippen LogP) is 3.04. The zero-order valence-electron chi connectivity index (χ0n) is 13.2. The van der Waals surface area contributed by atoms with Crippen molar-refractivity contribution in [2.24, 2.45) is 0 Å². The summed E-state index contributed by atoms with van der Waals surface area (Å²) in [4.78, 5) is 23.5. The third kappa shape index (κ3) is 2.82. The molecule has 2 heterocycles. The highest BCUT2D eigenvalue weighted by Gasteiger charge is 2.25. The molecule has 126 valence electrons. The van der Waals surface area contributed by atoms with Gasteiger partial charge in [-0.1, -0.05) is 6.07 Å². The summed E-state index contributed by atoms with van der Waals surface area (Å²) in [6.07, 6.45) is 2.54. The summed E-state index contributed by atoms with van der Waals surface area (Å²) >= 11 is 0. The Labute approximate surface area is 143 Å². The Bertz CT molecular complexity index is 916. The smallest absolute Gasteiger partial charge is 0.335 e. The van der Waals surface area contributed by atoms with E-state index in [1.165, 1.54) is 12.1 Å². The fourth-order valence-electron chi connectivity index (χ4n) is 2.90. The van der Waals surface area contributed by atoms with Gasteiger partial charge < -0.3 is 19.9 Å². The molecule has 0 bridgehead atoms. The highest BCUT2D eigenvalue weighted by molar-refractivity contribution is 6.35. The number of amides is 1. The largest absolute Gasteiger partial charge is 0.490 e. The summed E-state index contributed by atoms with van der Waals surface area (Å²) in [7, 11) is 0. The molecule has 4 rings (SSSR count). The standard InChI is InChI=1S/C19H15NO5/c21-18-14(13-10-12(19(22)23)3-4-15(13)20-18)8-11-2-5-16-17(9-11)25-7-1-6-24-16/h2-5,8-10H,1,6-7H2,(H,20,21)(H,22,23)/b14-8+. The maximum atomic E-state index is 12.3. The zero-order valence-corrected chi connectivity index (χ0v) is 13.2. The first-order valence-electron chi connectivity index (χ1n) is 7.92. The van der Waals surface area contributed by atoms with E-state index in [1.807, 2.05) is 18.2 Å². The number of carbonyl (C=O) groups is 2. The molecule has 2 aliphatic rings. The molecule has 0 radical (unpaired) electrons. The fraction of sp³-hybridized carbons (Fsp3) is 0.158. The first-order chi connectivity index (χ1) is 12.1. The van der Waals surface area contributed by atoms with Crippen molar-refractivity contribution in [1.82, 2.24) is 0 Å². The lowest BCUT2D eigenvalue weighted by Gasteiger charge is -2.08. The van der Waals surface area contributed by atoms with Crippen LogP contribution in [0, 0.1) is 0 Å². The average Bonchev–Trinajstić information content (AvgIpc) is 2.77. The maximum Gasteiger partial charge on any atom is 0.335 e. The van der Waals surface area contributed by atoms with Gasteiger partial charge in [-0.2, -0.15) is 0 Å². The Morgan fingerprint density at radius 1 is 1.08 bits per heavy atom. The lowest BCUT2D eigenvalue weighted by Crippen LogP contribution is -2.03. The maximum absolute atomic E-state index is 12.3. The van der Waals surface area contributed by atoms with E-state index in [1.54, 1.807) is 12.1 Å². The van der Waals surface area contributed by atoms with Gasteiger partial charge in [0.05, 0.1) is 18.8 Å². The van der Waals surface area contributed by atoms with Crippen molar-refractivity contribution in [2.45, 2.75) is 6.42 Å². The molecule has 2 aromatic carbocycles. The van der Waals surface area contributed by atoms with Gasteiger partial charge in [0.2, 0.25) is 0 Å². The molecule has 2 N–H and O–H groups in total. The molecule has 2 aliphatic heterocycles. The van der Waals surface area contributed by atoms with Crippen LogP contribution in [0.25, 0.3) is 11.6 Å². The molecular formula is C19H15NO5. The van der Waals surface area contributed by atoms with Crippen molar-refractivity contribution in [3.63, 3.8) is 0 Å². The summed E-state index contributed by atoms with van der Waals surface area (Å²) in [6.45, 7) is 1.19. The monoisotopic (exact) mass is 337 g/mol. The quantitative estimate of drug-likeness (QED) is 0.823. The summed E-state index contributed by atoms with van der Waals surface area (Å²) < 4.78 is 11.3. The van der Waals surface area contributed by atoms with E-state index < -0.39 is 5.97 Å². The number of carboxylic acid groups (broad SMARTS) is 1. The van der Waals surface area contributed by atoms with Crippen LogP contribution in [0.15, 0.2) is 36.4 Å². The van der Waals surface area contributed by atoms with E-state index in [0.717, 1.165) is 12.0 Å². The Balaban J connectivity index is 1.75. The minimum atomic E-state index is -1.03. The molecule has 0 spiro atoms. The molecule has 25 heavy (non-hydrogen) atoms. The summed E-state index contributed by atoms with van der Waals surface area (Å²) in [5.74, 6) is 0.0376. The van der Waals surface area contributed by atoms with Crippen LogP contribution >= 0.6 is 0 Å². The fourth-order valence-corrected chi connectivity index (χ4v) is 2.90. The number of benzene rings is 2. The Hall–Kier alpha value is -3.28. The number of carboxylic acids is 1. The van der Waals surface area contributed by atoms with Crippen LogP contribution in [0.1, 0.15) is 27.9 Å². The lowest BCUT2D eigenvalue weighted by molar-refractivity contribution is -0.110. The van der Waals surface area contributed by atoms with Crippen LogP contribution in [0.3, 0.4) is 0 Å². The van der Waals surface area contributed by atoms with E-state index in [4.69, 9.17) is 14.6 Å². The van der Waals surface area contributed by atoms with Crippen LogP contribution in [0.2, 0.25) is 0 Å². The van der Waals surface area contributed by atoms with Crippen LogP contribution in [0.4, 0.5) is 5.69 Å². The summed E-state index contributed by atoms with van der Waals surface area (Å²) in [5, 5.41) is 11.9. The van der Waals surface area contributed by atoms with E-state index in [0.29, 0.717) is 41.5 Å². The molecule has 6 nitrogen and oxygen atoms in total. The molecule has 0 saturated carbocycles. The van der Waals surface area contributed by atoms with Gasteiger partial charge in [-0.25, -0.2) is 4.79 Å². The topological polar surface area (TPSA) is 84.9 Å². The molecule has 0 aromatic heterocycles. The summed E-state index contributed by atoms with van der Waals surface area (Å²) in [6, 6.07) is 10.1. The molecule has 0 atom stereocenters. The minimum absolute atomic E-state index is 0.139. The highest BCUT2D eigenvalue weighted by Crippen LogP contribution is 2.36.